The maximum atomic E-state index is 12.0. The zero-order valence-corrected chi connectivity index (χ0v) is 11.3. The lowest BCUT2D eigenvalue weighted by Gasteiger charge is -2.36. The summed E-state index contributed by atoms with van der Waals surface area (Å²) < 4.78 is 5.41. The summed E-state index contributed by atoms with van der Waals surface area (Å²) >= 11 is 0. The number of ether oxygens (including phenoxy) is 1. The first-order valence-electron chi connectivity index (χ1n) is 6.57. The second-order valence-corrected chi connectivity index (χ2v) is 6.35. The molecule has 2 bridgehead atoms. The number of nitrogens with one attached hydrogen (secondary N) is 1. The quantitative estimate of drug-likeness (QED) is 0.763. The molecule has 2 rings (SSSR count). The van der Waals surface area contributed by atoms with Gasteiger partial charge in [0.15, 0.2) is 0 Å². The molecule has 0 aromatic heterocycles. The van der Waals surface area contributed by atoms with Crippen LogP contribution in [0, 0.1) is 0 Å². The smallest absolute Gasteiger partial charge is 0.410 e. The zero-order chi connectivity index (χ0) is 12.6. The van der Waals surface area contributed by atoms with Crippen molar-refractivity contribution in [3.63, 3.8) is 0 Å². The lowest BCUT2D eigenvalue weighted by Crippen LogP contribution is -2.49. The van der Waals surface area contributed by atoms with Gasteiger partial charge in [0, 0.05) is 25.2 Å². The molecule has 0 aliphatic carbocycles. The zero-order valence-electron chi connectivity index (χ0n) is 11.3. The lowest BCUT2D eigenvalue weighted by atomic mass is 9.99. The van der Waals surface area contributed by atoms with Gasteiger partial charge in [0.05, 0.1) is 0 Å². The fourth-order valence-electron chi connectivity index (χ4n) is 2.83. The van der Waals surface area contributed by atoms with E-state index < -0.39 is 5.60 Å². The van der Waals surface area contributed by atoms with Crippen molar-refractivity contribution >= 4 is 6.09 Å². The third kappa shape index (κ3) is 3.12. The van der Waals surface area contributed by atoms with Crippen LogP contribution >= 0.6 is 0 Å². The molecule has 2 aliphatic rings. The van der Waals surface area contributed by atoms with Gasteiger partial charge in [-0.05, 0) is 46.5 Å². The van der Waals surface area contributed by atoms with Crippen LogP contribution in [0.2, 0.25) is 0 Å². The number of fused-ring (bicyclic) bond motifs is 2. The Hall–Kier alpha value is -0.770. The summed E-state index contributed by atoms with van der Waals surface area (Å²) in [7, 11) is 1.86. The molecule has 0 aromatic rings. The van der Waals surface area contributed by atoms with E-state index in [1.54, 1.807) is 4.90 Å². The monoisotopic (exact) mass is 240 g/mol. The van der Waals surface area contributed by atoms with Gasteiger partial charge < -0.3 is 15.0 Å². The average molecular weight is 240 g/mol. The van der Waals surface area contributed by atoms with Gasteiger partial charge in [0.25, 0.3) is 0 Å². The summed E-state index contributed by atoms with van der Waals surface area (Å²) in [6.45, 7) is 5.72. The minimum atomic E-state index is -0.406. The number of carbonyl (C=O) groups is 1. The number of piperidine rings is 1. The Labute approximate surface area is 104 Å². The molecular formula is C13H24N2O2. The maximum Gasteiger partial charge on any atom is 0.410 e. The molecule has 0 unspecified atom stereocenters. The lowest BCUT2D eigenvalue weighted by molar-refractivity contribution is 0.0177. The highest BCUT2D eigenvalue weighted by molar-refractivity contribution is 5.68. The molecule has 2 heterocycles. The van der Waals surface area contributed by atoms with Crippen LogP contribution < -0.4 is 5.32 Å². The SMILES string of the molecule is CN(C(=O)OC(C)(C)C)[C@H]1C[C@H]2CC[C@@H](C1)N2. The molecule has 4 nitrogen and oxygen atoms in total. The van der Waals surface area contributed by atoms with Crippen LogP contribution in [-0.2, 0) is 4.74 Å². The van der Waals surface area contributed by atoms with Gasteiger partial charge >= 0.3 is 6.09 Å². The average Bonchev–Trinajstić information content (AvgIpc) is 2.54. The molecule has 98 valence electrons. The summed E-state index contributed by atoms with van der Waals surface area (Å²) in [4.78, 5) is 13.8. The van der Waals surface area contributed by atoms with Crippen LogP contribution in [-0.4, -0.2) is 41.8 Å². The van der Waals surface area contributed by atoms with Crippen molar-refractivity contribution in [3.05, 3.63) is 0 Å². The van der Waals surface area contributed by atoms with E-state index in [0.29, 0.717) is 18.1 Å². The van der Waals surface area contributed by atoms with E-state index >= 15 is 0 Å². The molecule has 17 heavy (non-hydrogen) atoms. The molecule has 2 fully saturated rings. The van der Waals surface area contributed by atoms with Crippen molar-refractivity contribution in [1.29, 1.82) is 0 Å². The van der Waals surface area contributed by atoms with Crippen LogP contribution in [0.1, 0.15) is 46.5 Å². The van der Waals surface area contributed by atoms with Crippen molar-refractivity contribution in [3.8, 4) is 0 Å². The van der Waals surface area contributed by atoms with Crippen molar-refractivity contribution in [1.82, 2.24) is 10.2 Å². The standard InChI is InChI=1S/C13H24N2O2/c1-13(2,3)17-12(16)15(4)11-7-9-5-6-10(8-11)14-9/h9-11,14H,5-8H2,1-4H3/t9-,10+,11+. The first-order chi connectivity index (χ1) is 7.85. The molecular weight excluding hydrogens is 216 g/mol. The summed E-state index contributed by atoms with van der Waals surface area (Å²) in [5, 5.41) is 3.58. The van der Waals surface area contributed by atoms with Gasteiger partial charge in [-0.3, -0.25) is 0 Å². The minimum absolute atomic E-state index is 0.191. The summed E-state index contributed by atoms with van der Waals surface area (Å²) in [6.07, 6.45) is 4.44. The molecule has 0 aromatic carbocycles. The molecule has 0 spiro atoms. The Morgan fingerprint density at radius 2 is 1.76 bits per heavy atom. The van der Waals surface area contributed by atoms with Gasteiger partial charge in [-0.25, -0.2) is 4.79 Å². The summed E-state index contributed by atoms with van der Waals surface area (Å²) in [5.74, 6) is 0. The highest BCUT2D eigenvalue weighted by Crippen LogP contribution is 2.29. The Kier molecular flexibility index (Phi) is 3.34. The Balaban J connectivity index is 1.91. The van der Waals surface area contributed by atoms with Crippen LogP contribution in [0.15, 0.2) is 0 Å². The van der Waals surface area contributed by atoms with Crippen LogP contribution in [0.25, 0.3) is 0 Å². The third-order valence-corrected chi connectivity index (χ3v) is 3.68. The number of carbonyl (C=O) groups excluding carboxylic acids is 1. The molecule has 0 saturated carbocycles. The molecule has 0 radical (unpaired) electrons. The first-order valence-corrected chi connectivity index (χ1v) is 6.57. The predicted molar refractivity (Wildman–Crippen MR) is 67.0 cm³/mol. The Morgan fingerprint density at radius 3 is 2.24 bits per heavy atom. The van der Waals surface area contributed by atoms with Crippen molar-refractivity contribution in [2.24, 2.45) is 0 Å². The Morgan fingerprint density at radius 1 is 1.24 bits per heavy atom. The molecule has 1 amide bonds. The number of amides is 1. The van der Waals surface area contributed by atoms with E-state index in [-0.39, 0.29) is 6.09 Å². The second-order valence-electron chi connectivity index (χ2n) is 6.35. The van der Waals surface area contributed by atoms with Gasteiger partial charge in [-0.1, -0.05) is 0 Å². The van der Waals surface area contributed by atoms with Gasteiger partial charge in [0.1, 0.15) is 5.60 Å². The van der Waals surface area contributed by atoms with Gasteiger partial charge in [-0.15, -0.1) is 0 Å². The van der Waals surface area contributed by atoms with E-state index in [9.17, 15) is 4.79 Å². The van der Waals surface area contributed by atoms with Crippen LogP contribution in [0.5, 0.6) is 0 Å². The number of nitrogens with zero attached hydrogens (tertiary/aromatic N) is 1. The largest absolute Gasteiger partial charge is 0.444 e. The number of hydrogen-bond donors (Lipinski definition) is 1. The number of rotatable bonds is 1. The van der Waals surface area contributed by atoms with Gasteiger partial charge in [-0.2, -0.15) is 0 Å². The van der Waals surface area contributed by atoms with Gasteiger partial charge in [0.2, 0.25) is 0 Å². The Bertz CT molecular complexity index is 286. The van der Waals surface area contributed by atoms with Crippen molar-refractivity contribution in [2.45, 2.75) is 70.2 Å². The van der Waals surface area contributed by atoms with Crippen molar-refractivity contribution < 1.29 is 9.53 Å². The summed E-state index contributed by atoms with van der Waals surface area (Å²) in [6, 6.07) is 1.54. The third-order valence-electron chi connectivity index (χ3n) is 3.68. The van der Waals surface area contributed by atoms with E-state index in [0.717, 1.165) is 12.8 Å². The van der Waals surface area contributed by atoms with E-state index in [1.807, 2.05) is 27.8 Å². The fourth-order valence-corrected chi connectivity index (χ4v) is 2.83. The number of hydrogen-bond acceptors (Lipinski definition) is 3. The van der Waals surface area contributed by atoms with E-state index in [4.69, 9.17) is 4.74 Å². The molecule has 2 saturated heterocycles. The fraction of sp³-hybridized carbons (Fsp3) is 0.923. The molecule has 1 N–H and O–H groups in total. The first kappa shape index (κ1) is 12.7. The molecule has 2 aliphatic heterocycles. The maximum absolute atomic E-state index is 12.0. The normalized spacial score (nSPS) is 32.4. The van der Waals surface area contributed by atoms with E-state index in [2.05, 4.69) is 5.32 Å². The predicted octanol–water partition coefficient (Wildman–Crippen LogP) is 2.14. The topological polar surface area (TPSA) is 41.6 Å². The highest BCUT2D eigenvalue weighted by Gasteiger charge is 2.37. The molecule has 3 atom stereocenters. The van der Waals surface area contributed by atoms with Crippen molar-refractivity contribution in [2.75, 3.05) is 7.05 Å². The van der Waals surface area contributed by atoms with Crippen LogP contribution in [0.3, 0.4) is 0 Å². The highest BCUT2D eigenvalue weighted by atomic mass is 16.6. The van der Waals surface area contributed by atoms with E-state index in [1.165, 1.54) is 12.8 Å². The molecule has 4 heteroatoms. The van der Waals surface area contributed by atoms with Crippen LogP contribution in [0.4, 0.5) is 4.79 Å². The summed E-state index contributed by atoms with van der Waals surface area (Å²) in [5.41, 5.74) is -0.406. The minimum Gasteiger partial charge on any atom is -0.444 e. The second kappa shape index (κ2) is 4.48.